The van der Waals surface area contributed by atoms with Crippen molar-refractivity contribution in [1.82, 2.24) is 9.80 Å². The second kappa shape index (κ2) is 15.3. The Morgan fingerprint density at radius 2 is 1.43 bits per heavy atom. The molecule has 0 saturated carbocycles. The summed E-state index contributed by atoms with van der Waals surface area (Å²) in [6.45, 7) is 26.0. The van der Waals surface area contributed by atoms with Crippen LogP contribution in [0.25, 0.3) is 0 Å². The van der Waals surface area contributed by atoms with E-state index in [0.29, 0.717) is 66.1 Å². The van der Waals surface area contributed by atoms with Crippen molar-refractivity contribution in [2.75, 3.05) is 45.4 Å². The Morgan fingerprint density at radius 1 is 0.815 bits per heavy atom. The quantitative estimate of drug-likeness (QED) is 0.179. The van der Waals surface area contributed by atoms with Crippen LogP contribution in [0.3, 0.4) is 0 Å². The maximum atomic E-state index is 14.0. The fraction of sp³-hybridized carbons (Fsp3) is 0.568. The molecule has 4 aliphatic heterocycles. The van der Waals surface area contributed by atoms with E-state index < -0.39 is 0 Å². The van der Waals surface area contributed by atoms with Gasteiger partial charge in [0, 0.05) is 43.5 Å². The largest absolute Gasteiger partial charge is 0.493 e. The third-order valence-electron chi connectivity index (χ3n) is 12.0. The Labute approximate surface area is 322 Å². The number of aliphatic imine (C=N–C) groups is 1. The van der Waals surface area contributed by atoms with E-state index >= 15 is 0 Å². The van der Waals surface area contributed by atoms with Gasteiger partial charge >= 0.3 is 0 Å². The number of hydrogen-bond acceptors (Lipinski definition) is 8. The highest BCUT2D eigenvalue weighted by molar-refractivity contribution is 6.04. The van der Waals surface area contributed by atoms with Crippen LogP contribution in [0, 0.1) is 10.8 Å². The number of carbonyl (C=O) groups is 2. The van der Waals surface area contributed by atoms with Crippen LogP contribution < -0.4 is 23.8 Å². The standard InChI is InChI=1S/C44H60N4O6/c1-12-29(4)48-30(5)35-18-28(3)25-47(35)42(50)33-20-38(52-11)40(22-36(33)48)53-16-15-43(6,7)13-14-44(8,9)26-54-39-21-34-32(19-37(39)51-10)41(49)46-24-27(2)17-31(46)23-45-34/h19-23,29-31,35H,2-3,12-18,24-26H2,1,4-11H3/t29?,30?,31?,35-/m0/s1. The lowest BCUT2D eigenvalue weighted by Gasteiger charge is -2.39. The minimum atomic E-state index is -0.137. The summed E-state index contributed by atoms with van der Waals surface area (Å²) >= 11 is 0. The van der Waals surface area contributed by atoms with Gasteiger partial charge in [0.2, 0.25) is 0 Å². The van der Waals surface area contributed by atoms with E-state index in [1.165, 1.54) is 0 Å². The molecular formula is C44H60N4O6. The number of anilines is 1. The van der Waals surface area contributed by atoms with Gasteiger partial charge in [-0.25, -0.2) is 0 Å². The number of carbonyl (C=O) groups excluding carboxylic acids is 2. The number of rotatable bonds is 14. The highest BCUT2D eigenvalue weighted by Crippen LogP contribution is 2.44. The summed E-state index contributed by atoms with van der Waals surface area (Å²) in [7, 11) is 3.23. The SMILES string of the molecule is C=C1CC2C=Nc3cc(OCC(C)(C)CCC(C)(C)CCOc4cc5c(cc4OC)C(=O)N4CC(=C)C[C@H]4C(C)N5C(C)CC)c(OC)cc3C(=O)N2C1. The highest BCUT2D eigenvalue weighted by Gasteiger charge is 2.43. The maximum absolute atomic E-state index is 14.0. The van der Waals surface area contributed by atoms with Gasteiger partial charge < -0.3 is 33.6 Å². The lowest BCUT2D eigenvalue weighted by Crippen LogP contribution is -2.49. The number of ether oxygens (including phenoxy) is 4. The molecule has 0 N–H and O–H groups in total. The zero-order valence-corrected chi connectivity index (χ0v) is 33.9. The average molecular weight is 741 g/mol. The molecular weight excluding hydrogens is 681 g/mol. The first-order valence-electron chi connectivity index (χ1n) is 19.5. The number of nitrogens with zero attached hydrogens (tertiary/aromatic N) is 4. The van der Waals surface area contributed by atoms with E-state index in [9.17, 15) is 9.59 Å². The number of benzene rings is 2. The molecule has 0 spiro atoms. The van der Waals surface area contributed by atoms with Crippen molar-refractivity contribution < 1.29 is 28.5 Å². The molecule has 0 aromatic heterocycles. The summed E-state index contributed by atoms with van der Waals surface area (Å²) < 4.78 is 24.4. The predicted octanol–water partition coefficient (Wildman–Crippen LogP) is 8.65. The van der Waals surface area contributed by atoms with Crippen molar-refractivity contribution in [1.29, 1.82) is 0 Å². The Bertz CT molecular complexity index is 1830. The van der Waals surface area contributed by atoms with E-state index in [2.05, 4.69) is 71.5 Å². The summed E-state index contributed by atoms with van der Waals surface area (Å²) in [5, 5.41) is 0. The molecule has 6 rings (SSSR count). The first-order valence-corrected chi connectivity index (χ1v) is 19.5. The van der Waals surface area contributed by atoms with E-state index in [1.807, 2.05) is 34.2 Å². The number of methoxy groups -OCH3 is 2. The fourth-order valence-corrected chi connectivity index (χ4v) is 8.27. The molecule has 0 radical (unpaired) electrons. The number of hydrogen-bond donors (Lipinski definition) is 0. The van der Waals surface area contributed by atoms with Crippen LogP contribution in [0.5, 0.6) is 23.0 Å². The van der Waals surface area contributed by atoms with Crippen LogP contribution in [-0.4, -0.2) is 92.5 Å². The molecule has 0 bridgehead atoms. The Hall–Kier alpha value is -4.47. The van der Waals surface area contributed by atoms with Gasteiger partial charge in [0.25, 0.3) is 11.8 Å². The van der Waals surface area contributed by atoms with Crippen LogP contribution in [0.2, 0.25) is 0 Å². The smallest absolute Gasteiger partial charge is 0.257 e. The van der Waals surface area contributed by atoms with Crippen molar-refractivity contribution in [3.05, 3.63) is 59.7 Å². The second-order valence-corrected chi connectivity index (χ2v) is 17.3. The summed E-state index contributed by atoms with van der Waals surface area (Å²) in [5.74, 6) is 2.30. The number of fused-ring (bicyclic) bond motifs is 4. The first-order chi connectivity index (χ1) is 25.6. The molecule has 4 heterocycles. The summed E-state index contributed by atoms with van der Waals surface area (Å²) in [6, 6.07) is 7.86. The molecule has 2 saturated heterocycles. The van der Waals surface area contributed by atoms with Gasteiger partial charge in [-0.2, -0.15) is 0 Å². The molecule has 4 aliphatic rings. The van der Waals surface area contributed by atoms with Gasteiger partial charge in [0.1, 0.15) is 0 Å². The van der Waals surface area contributed by atoms with Crippen LogP contribution in [0.15, 0.2) is 53.6 Å². The molecule has 2 aromatic rings. The van der Waals surface area contributed by atoms with E-state index in [0.717, 1.165) is 55.4 Å². The van der Waals surface area contributed by atoms with Gasteiger partial charge in [-0.3, -0.25) is 14.6 Å². The summed E-state index contributed by atoms with van der Waals surface area (Å²) in [5.41, 5.74) is 4.68. The van der Waals surface area contributed by atoms with E-state index in [1.54, 1.807) is 20.3 Å². The van der Waals surface area contributed by atoms with Crippen LogP contribution in [-0.2, 0) is 0 Å². The summed E-state index contributed by atoms with van der Waals surface area (Å²) in [6.07, 6.45) is 7.09. The Kier molecular flexibility index (Phi) is 11.1. The van der Waals surface area contributed by atoms with E-state index in [-0.39, 0.29) is 46.8 Å². The van der Waals surface area contributed by atoms with Crippen molar-refractivity contribution in [2.45, 2.75) is 111 Å². The van der Waals surface area contributed by atoms with Crippen molar-refractivity contribution in [2.24, 2.45) is 15.8 Å². The maximum Gasteiger partial charge on any atom is 0.257 e. The van der Waals surface area contributed by atoms with Gasteiger partial charge in [0.15, 0.2) is 23.0 Å². The monoisotopic (exact) mass is 740 g/mol. The molecule has 10 nitrogen and oxygen atoms in total. The van der Waals surface area contributed by atoms with Crippen LogP contribution in [0.4, 0.5) is 11.4 Å². The molecule has 54 heavy (non-hydrogen) atoms. The highest BCUT2D eigenvalue weighted by atomic mass is 16.5. The molecule has 10 heteroatoms. The lowest BCUT2D eigenvalue weighted by molar-refractivity contribution is 0.0730. The molecule has 3 unspecified atom stereocenters. The number of amides is 2. The molecule has 0 aliphatic carbocycles. The minimum Gasteiger partial charge on any atom is -0.493 e. The van der Waals surface area contributed by atoms with E-state index in [4.69, 9.17) is 18.9 Å². The molecule has 4 atom stereocenters. The third-order valence-corrected chi connectivity index (χ3v) is 12.0. The van der Waals surface area contributed by atoms with Gasteiger partial charge in [-0.1, -0.05) is 58.9 Å². The summed E-state index contributed by atoms with van der Waals surface area (Å²) in [4.78, 5) is 38.2. The zero-order chi connectivity index (χ0) is 39.1. The van der Waals surface area contributed by atoms with Crippen LogP contribution >= 0.6 is 0 Å². The van der Waals surface area contributed by atoms with Crippen molar-refractivity contribution in [3.8, 4) is 23.0 Å². The first kappa shape index (κ1) is 39.2. The van der Waals surface area contributed by atoms with Crippen molar-refractivity contribution >= 4 is 29.4 Å². The molecule has 292 valence electrons. The second-order valence-electron chi connectivity index (χ2n) is 17.3. The van der Waals surface area contributed by atoms with Crippen LogP contribution in [0.1, 0.15) is 108 Å². The normalized spacial score (nSPS) is 21.6. The third kappa shape index (κ3) is 7.85. The molecule has 2 fully saturated rings. The molecule has 2 aromatic carbocycles. The van der Waals surface area contributed by atoms with Crippen molar-refractivity contribution in [3.63, 3.8) is 0 Å². The topological polar surface area (TPSA) is 93.1 Å². The minimum absolute atomic E-state index is 0.00785. The van der Waals surface area contributed by atoms with Gasteiger partial charge in [-0.05, 0) is 75.3 Å². The average Bonchev–Trinajstić information content (AvgIpc) is 3.68. The molecule has 2 amide bonds. The fourth-order valence-electron chi connectivity index (χ4n) is 8.27. The zero-order valence-electron chi connectivity index (χ0n) is 33.9. The Balaban J connectivity index is 1.09. The van der Waals surface area contributed by atoms with Gasteiger partial charge in [0.05, 0.1) is 62.0 Å². The predicted molar refractivity (Wildman–Crippen MR) is 215 cm³/mol. The Morgan fingerprint density at radius 3 is 2.11 bits per heavy atom. The lowest BCUT2D eigenvalue weighted by atomic mass is 9.78. The van der Waals surface area contributed by atoms with Gasteiger partial charge in [-0.15, -0.1) is 0 Å².